The molecule has 0 spiro atoms. The Balaban J connectivity index is 1.82. The van der Waals surface area contributed by atoms with Crippen LogP contribution < -0.4 is 9.62 Å². The first-order chi connectivity index (χ1) is 20.5. The van der Waals surface area contributed by atoms with E-state index in [4.69, 9.17) is 23.2 Å². The van der Waals surface area contributed by atoms with Gasteiger partial charge in [0.1, 0.15) is 12.6 Å². The molecule has 0 saturated carbocycles. The second-order valence-electron chi connectivity index (χ2n) is 9.89. The second-order valence-corrected chi connectivity index (χ2v) is 13.5. The van der Waals surface area contributed by atoms with E-state index in [1.165, 1.54) is 42.3 Å². The number of halogens is 3. The Morgan fingerprint density at radius 1 is 0.884 bits per heavy atom. The number of benzene rings is 4. The summed E-state index contributed by atoms with van der Waals surface area (Å²) in [5, 5.41) is 3.01. The predicted octanol–water partition coefficient (Wildman–Crippen LogP) is 6.65. The number of likely N-dealkylation sites (N-methyl/N-ethyl adjacent to an activating group) is 1. The van der Waals surface area contributed by atoms with Crippen molar-refractivity contribution in [2.75, 3.05) is 17.9 Å². The summed E-state index contributed by atoms with van der Waals surface area (Å²) < 4.78 is 29.9. The van der Waals surface area contributed by atoms with Crippen LogP contribution in [0, 0.1) is 6.92 Å². The number of hydrogen-bond donors (Lipinski definition) is 1. The number of hydrogen-bond acceptors (Lipinski definition) is 4. The summed E-state index contributed by atoms with van der Waals surface area (Å²) in [5.41, 5.74) is 2.51. The van der Waals surface area contributed by atoms with E-state index in [1.54, 1.807) is 12.1 Å². The van der Waals surface area contributed by atoms with E-state index in [9.17, 15) is 18.0 Å². The van der Waals surface area contributed by atoms with Crippen LogP contribution in [0.5, 0.6) is 0 Å². The maximum absolute atomic E-state index is 14.3. The Hall–Kier alpha value is -3.37. The minimum Gasteiger partial charge on any atom is -0.357 e. The lowest BCUT2D eigenvalue weighted by Gasteiger charge is -2.34. The number of carbonyl (C=O) groups excluding carboxylic acids is 2. The maximum Gasteiger partial charge on any atom is 0.264 e. The standard InChI is InChI=1S/C32H30BrCl2N3O4S/c1-22-11-14-27(15-12-22)43(41,42)38(29-19-26(34)13-16-28(29)35)21-31(39)37(20-24-9-6-10-25(33)17-24)30(32(40)36-2)18-23-7-4-3-5-8-23/h3-17,19,30H,18,20-21H2,1-2H3,(H,36,40)/t30-/m0/s1. The molecule has 43 heavy (non-hydrogen) atoms. The zero-order valence-electron chi connectivity index (χ0n) is 23.5. The van der Waals surface area contributed by atoms with Crippen LogP contribution >= 0.6 is 39.1 Å². The topological polar surface area (TPSA) is 86.8 Å². The van der Waals surface area contributed by atoms with E-state index >= 15 is 0 Å². The number of rotatable bonds is 11. The molecule has 4 rings (SSSR count). The smallest absolute Gasteiger partial charge is 0.264 e. The molecule has 0 bridgehead atoms. The average molecular weight is 703 g/mol. The van der Waals surface area contributed by atoms with Crippen LogP contribution in [0.1, 0.15) is 16.7 Å². The fourth-order valence-electron chi connectivity index (χ4n) is 4.58. The molecular weight excluding hydrogens is 673 g/mol. The molecule has 224 valence electrons. The summed E-state index contributed by atoms with van der Waals surface area (Å²) >= 11 is 16.2. The molecule has 1 atom stereocenters. The predicted molar refractivity (Wildman–Crippen MR) is 175 cm³/mol. The summed E-state index contributed by atoms with van der Waals surface area (Å²) in [6, 6.07) is 26.5. The Morgan fingerprint density at radius 2 is 1.56 bits per heavy atom. The van der Waals surface area contributed by atoms with Gasteiger partial charge in [-0.1, -0.05) is 99.3 Å². The highest BCUT2D eigenvalue weighted by Crippen LogP contribution is 2.33. The molecule has 1 N–H and O–H groups in total. The lowest BCUT2D eigenvalue weighted by molar-refractivity contribution is -0.139. The molecule has 4 aromatic carbocycles. The van der Waals surface area contributed by atoms with E-state index in [1.807, 2.05) is 61.5 Å². The van der Waals surface area contributed by atoms with Crippen LogP contribution in [0.3, 0.4) is 0 Å². The molecule has 0 aliphatic carbocycles. The summed E-state index contributed by atoms with van der Waals surface area (Å²) in [6.45, 7) is 1.26. The molecule has 4 aromatic rings. The minimum absolute atomic E-state index is 0.0207. The van der Waals surface area contributed by atoms with Gasteiger partial charge in [0.2, 0.25) is 11.8 Å². The van der Waals surface area contributed by atoms with Crippen molar-refractivity contribution >= 4 is 66.7 Å². The van der Waals surface area contributed by atoms with Crippen molar-refractivity contribution in [1.29, 1.82) is 0 Å². The van der Waals surface area contributed by atoms with Crippen LogP contribution in [0.15, 0.2) is 106 Å². The fraction of sp³-hybridized carbons (Fsp3) is 0.188. The van der Waals surface area contributed by atoms with Gasteiger partial charge in [0.05, 0.1) is 15.6 Å². The van der Waals surface area contributed by atoms with Crippen LogP contribution in [-0.4, -0.2) is 44.8 Å². The Morgan fingerprint density at radius 3 is 2.21 bits per heavy atom. The van der Waals surface area contributed by atoms with E-state index in [0.29, 0.717) is 0 Å². The Labute approximate surface area is 270 Å². The molecule has 0 aromatic heterocycles. The quantitative estimate of drug-likeness (QED) is 0.190. The van der Waals surface area contributed by atoms with Crippen LogP contribution in [-0.2, 0) is 32.6 Å². The average Bonchev–Trinajstić information content (AvgIpc) is 2.99. The van der Waals surface area contributed by atoms with E-state index < -0.39 is 28.5 Å². The molecule has 0 aliphatic heterocycles. The Bertz CT molecular complexity index is 1700. The lowest BCUT2D eigenvalue weighted by atomic mass is 10.0. The first-order valence-electron chi connectivity index (χ1n) is 13.3. The number of nitrogens with one attached hydrogen (secondary N) is 1. The van der Waals surface area contributed by atoms with Gasteiger partial charge in [-0.15, -0.1) is 0 Å². The highest BCUT2D eigenvalue weighted by Gasteiger charge is 2.35. The third kappa shape index (κ3) is 8.17. The summed E-state index contributed by atoms with van der Waals surface area (Å²) in [6.07, 6.45) is 0.211. The fourth-order valence-corrected chi connectivity index (χ4v) is 6.89. The van der Waals surface area contributed by atoms with Gasteiger partial charge >= 0.3 is 0 Å². The third-order valence-electron chi connectivity index (χ3n) is 6.82. The zero-order valence-corrected chi connectivity index (χ0v) is 27.4. The van der Waals surface area contributed by atoms with Crippen molar-refractivity contribution in [2.24, 2.45) is 0 Å². The largest absolute Gasteiger partial charge is 0.357 e. The Kier molecular flexibility index (Phi) is 10.9. The van der Waals surface area contributed by atoms with E-state index in [2.05, 4.69) is 21.2 Å². The number of sulfonamides is 1. The van der Waals surface area contributed by atoms with Gasteiger partial charge in [-0.3, -0.25) is 13.9 Å². The molecule has 0 fully saturated rings. The van der Waals surface area contributed by atoms with Gasteiger partial charge in [0, 0.05) is 29.5 Å². The minimum atomic E-state index is -4.29. The van der Waals surface area contributed by atoms with E-state index in [-0.39, 0.29) is 39.5 Å². The molecule has 0 heterocycles. The number of amides is 2. The van der Waals surface area contributed by atoms with E-state index in [0.717, 1.165) is 25.5 Å². The summed E-state index contributed by atoms with van der Waals surface area (Å²) in [5.74, 6) is -0.989. The van der Waals surface area contributed by atoms with Crippen molar-refractivity contribution in [1.82, 2.24) is 10.2 Å². The second kappa shape index (κ2) is 14.4. The molecule has 2 amide bonds. The van der Waals surface area contributed by atoms with Crippen molar-refractivity contribution in [2.45, 2.75) is 30.8 Å². The van der Waals surface area contributed by atoms with Crippen LogP contribution in [0.4, 0.5) is 5.69 Å². The molecule has 0 unspecified atom stereocenters. The first kappa shape index (κ1) is 32.5. The van der Waals surface area contributed by atoms with Crippen molar-refractivity contribution in [3.05, 3.63) is 128 Å². The van der Waals surface area contributed by atoms with Gasteiger partial charge in [0.25, 0.3) is 10.0 Å². The highest BCUT2D eigenvalue weighted by atomic mass is 79.9. The third-order valence-corrected chi connectivity index (χ3v) is 9.65. The number of nitrogens with zero attached hydrogens (tertiary/aromatic N) is 2. The van der Waals surface area contributed by atoms with Crippen molar-refractivity contribution in [3.63, 3.8) is 0 Å². The monoisotopic (exact) mass is 701 g/mol. The van der Waals surface area contributed by atoms with Gasteiger partial charge in [-0.05, 0) is 60.5 Å². The van der Waals surface area contributed by atoms with Gasteiger partial charge in [-0.2, -0.15) is 0 Å². The summed E-state index contributed by atoms with van der Waals surface area (Å²) in [4.78, 5) is 29.1. The van der Waals surface area contributed by atoms with Gasteiger partial charge < -0.3 is 10.2 Å². The molecule has 7 nitrogen and oxygen atoms in total. The van der Waals surface area contributed by atoms with Crippen molar-refractivity contribution in [3.8, 4) is 0 Å². The normalized spacial score (nSPS) is 11.9. The number of anilines is 1. The van der Waals surface area contributed by atoms with Gasteiger partial charge in [-0.25, -0.2) is 8.42 Å². The summed E-state index contributed by atoms with van der Waals surface area (Å²) in [7, 11) is -2.79. The van der Waals surface area contributed by atoms with Crippen molar-refractivity contribution < 1.29 is 18.0 Å². The molecule has 0 saturated heterocycles. The highest BCUT2D eigenvalue weighted by molar-refractivity contribution is 9.10. The lowest BCUT2D eigenvalue weighted by Crippen LogP contribution is -2.53. The molecule has 0 aliphatic rings. The SMILES string of the molecule is CNC(=O)[C@H](Cc1ccccc1)N(Cc1cccc(Br)c1)C(=O)CN(c1cc(Cl)ccc1Cl)S(=O)(=O)c1ccc(C)cc1. The van der Waals surface area contributed by atoms with Crippen LogP contribution in [0.2, 0.25) is 10.0 Å². The first-order valence-corrected chi connectivity index (χ1v) is 16.3. The zero-order chi connectivity index (χ0) is 31.1. The molecule has 11 heteroatoms. The van der Waals surface area contributed by atoms with Crippen LogP contribution in [0.25, 0.3) is 0 Å². The molecule has 0 radical (unpaired) electrons. The van der Waals surface area contributed by atoms with Gasteiger partial charge in [0.15, 0.2) is 0 Å². The number of carbonyl (C=O) groups is 2. The maximum atomic E-state index is 14.3. The molecular formula is C32H30BrCl2N3O4S. The number of aryl methyl sites for hydroxylation is 1.